The van der Waals surface area contributed by atoms with E-state index in [9.17, 15) is 14.7 Å². The van der Waals surface area contributed by atoms with Crippen LogP contribution in [0.1, 0.15) is 51.9 Å². The maximum absolute atomic E-state index is 12.2. The number of aliphatic carboxylic acids is 1. The van der Waals surface area contributed by atoms with Crippen LogP contribution in [-0.4, -0.2) is 41.9 Å². The van der Waals surface area contributed by atoms with E-state index >= 15 is 0 Å². The van der Waals surface area contributed by atoms with Crippen molar-refractivity contribution in [2.75, 3.05) is 13.2 Å². The predicted octanol–water partition coefficient (Wildman–Crippen LogP) is 1.89. The van der Waals surface area contributed by atoms with Crippen molar-refractivity contribution in [3.05, 3.63) is 0 Å². The molecule has 0 spiro atoms. The number of hydrogen-bond acceptors (Lipinski definition) is 3. The van der Waals surface area contributed by atoms with E-state index in [2.05, 4.69) is 10.6 Å². The molecule has 21 heavy (non-hydrogen) atoms. The first-order chi connectivity index (χ1) is 10.0. The fourth-order valence-corrected chi connectivity index (χ4v) is 3.25. The molecule has 0 aromatic rings. The first-order valence-electron chi connectivity index (χ1n) is 7.93. The van der Waals surface area contributed by atoms with Gasteiger partial charge in [0.1, 0.15) is 5.54 Å². The summed E-state index contributed by atoms with van der Waals surface area (Å²) >= 11 is 0. The second kappa shape index (κ2) is 7.11. The number of hydrogen-bond donors (Lipinski definition) is 3. The molecule has 1 heterocycles. The monoisotopic (exact) mass is 298 g/mol. The third-order valence-electron chi connectivity index (χ3n) is 4.75. The summed E-state index contributed by atoms with van der Waals surface area (Å²) in [6.45, 7) is 3.34. The standard InChI is InChI=1S/C15H26N2O4/c1-11(12-6-9-21-10-12)16-14(20)17-15(13(18)19)7-4-2-3-5-8-15/h11-12H,2-10H2,1H3,(H,18,19)(H2,16,17,20). The van der Waals surface area contributed by atoms with E-state index in [0.717, 1.165) is 38.7 Å². The smallest absolute Gasteiger partial charge is 0.329 e. The average molecular weight is 298 g/mol. The zero-order valence-corrected chi connectivity index (χ0v) is 12.7. The quantitative estimate of drug-likeness (QED) is 0.692. The van der Waals surface area contributed by atoms with E-state index in [1.165, 1.54) is 0 Å². The number of carboxylic acids is 1. The van der Waals surface area contributed by atoms with E-state index < -0.39 is 11.5 Å². The van der Waals surface area contributed by atoms with E-state index in [-0.39, 0.29) is 12.1 Å². The van der Waals surface area contributed by atoms with Crippen LogP contribution in [0.3, 0.4) is 0 Å². The second-order valence-electron chi connectivity index (χ2n) is 6.31. The normalized spacial score (nSPS) is 26.6. The van der Waals surface area contributed by atoms with Gasteiger partial charge in [-0.3, -0.25) is 0 Å². The molecular weight excluding hydrogens is 272 g/mol. The molecule has 0 radical (unpaired) electrons. The Bertz CT molecular complexity index is 372. The summed E-state index contributed by atoms with van der Waals surface area (Å²) in [5, 5.41) is 15.2. The van der Waals surface area contributed by atoms with Gasteiger partial charge in [0.2, 0.25) is 0 Å². The Kier molecular flexibility index (Phi) is 5.45. The van der Waals surface area contributed by atoms with Crippen molar-refractivity contribution in [1.82, 2.24) is 10.6 Å². The first-order valence-corrected chi connectivity index (χ1v) is 7.93. The number of amides is 2. The van der Waals surface area contributed by atoms with Gasteiger partial charge in [-0.05, 0) is 26.2 Å². The number of ether oxygens (including phenoxy) is 1. The van der Waals surface area contributed by atoms with Crippen molar-refractivity contribution in [3.63, 3.8) is 0 Å². The lowest BCUT2D eigenvalue weighted by Crippen LogP contribution is -2.58. The van der Waals surface area contributed by atoms with Crippen LogP contribution in [0.4, 0.5) is 4.79 Å². The van der Waals surface area contributed by atoms with Crippen LogP contribution in [-0.2, 0) is 9.53 Å². The number of rotatable bonds is 4. The van der Waals surface area contributed by atoms with E-state index in [1.807, 2.05) is 6.92 Å². The minimum absolute atomic E-state index is 0.0101. The van der Waals surface area contributed by atoms with Crippen molar-refractivity contribution in [2.24, 2.45) is 5.92 Å². The SMILES string of the molecule is CC(NC(=O)NC1(C(=O)O)CCCCCC1)C1CCOC1. The third kappa shape index (κ3) is 4.09. The molecule has 1 saturated carbocycles. The highest BCUT2D eigenvalue weighted by Crippen LogP contribution is 2.27. The van der Waals surface area contributed by atoms with Crippen LogP contribution in [0.25, 0.3) is 0 Å². The Balaban J connectivity index is 1.92. The van der Waals surface area contributed by atoms with Gasteiger partial charge in [-0.2, -0.15) is 0 Å². The predicted molar refractivity (Wildman–Crippen MR) is 78.1 cm³/mol. The topological polar surface area (TPSA) is 87.7 Å². The molecule has 0 bridgehead atoms. The summed E-state index contributed by atoms with van der Waals surface area (Å²) in [5.41, 5.74) is -1.10. The minimum atomic E-state index is -1.10. The fraction of sp³-hybridized carbons (Fsp3) is 0.867. The van der Waals surface area contributed by atoms with Gasteiger partial charge >= 0.3 is 12.0 Å². The van der Waals surface area contributed by atoms with E-state index in [1.54, 1.807) is 0 Å². The average Bonchev–Trinajstić information content (AvgIpc) is 2.86. The van der Waals surface area contributed by atoms with Gasteiger partial charge in [-0.25, -0.2) is 9.59 Å². The molecule has 2 aliphatic rings. The largest absolute Gasteiger partial charge is 0.480 e. The van der Waals surface area contributed by atoms with Crippen LogP contribution < -0.4 is 10.6 Å². The van der Waals surface area contributed by atoms with Crippen LogP contribution in [0.15, 0.2) is 0 Å². The molecule has 0 aromatic heterocycles. The summed E-state index contributed by atoms with van der Waals surface area (Å²) in [6.07, 6.45) is 5.72. The molecular formula is C15H26N2O4. The molecule has 1 saturated heterocycles. The summed E-state index contributed by atoms with van der Waals surface area (Å²) in [6, 6.07) is -0.386. The van der Waals surface area contributed by atoms with E-state index in [4.69, 9.17) is 4.74 Å². The number of urea groups is 1. The summed E-state index contributed by atoms with van der Waals surface area (Å²) < 4.78 is 5.32. The summed E-state index contributed by atoms with van der Waals surface area (Å²) in [7, 11) is 0. The van der Waals surface area contributed by atoms with Gasteiger partial charge in [0, 0.05) is 18.6 Å². The highest BCUT2D eigenvalue weighted by Gasteiger charge is 2.40. The molecule has 2 amide bonds. The number of carbonyl (C=O) groups is 2. The lowest BCUT2D eigenvalue weighted by Gasteiger charge is -2.30. The second-order valence-corrected chi connectivity index (χ2v) is 6.31. The molecule has 3 N–H and O–H groups in total. The van der Waals surface area contributed by atoms with Crippen molar-refractivity contribution >= 4 is 12.0 Å². The highest BCUT2D eigenvalue weighted by molar-refractivity contribution is 5.86. The third-order valence-corrected chi connectivity index (χ3v) is 4.75. The molecule has 120 valence electrons. The Labute approximate surface area is 125 Å². The van der Waals surface area contributed by atoms with Crippen LogP contribution in [0, 0.1) is 5.92 Å². The zero-order valence-electron chi connectivity index (χ0n) is 12.7. The van der Waals surface area contributed by atoms with Crippen molar-refractivity contribution in [3.8, 4) is 0 Å². The minimum Gasteiger partial charge on any atom is -0.480 e. The number of carbonyl (C=O) groups excluding carboxylic acids is 1. The van der Waals surface area contributed by atoms with Crippen LogP contribution in [0.2, 0.25) is 0 Å². The molecule has 2 rings (SSSR count). The van der Waals surface area contributed by atoms with Gasteiger partial charge in [-0.1, -0.05) is 25.7 Å². The maximum Gasteiger partial charge on any atom is 0.329 e. The number of nitrogens with one attached hydrogen (secondary N) is 2. The summed E-state index contributed by atoms with van der Waals surface area (Å²) in [5.74, 6) is -0.609. The molecule has 6 nitrogen and oxygen atoms in total. The van der Waals surface area contributed by atoms with Gasteiger partial charge in [0.15, 0.2) is 0 Å². The summed E-state index contributed by atoms with van der Waals surface area (Å²) in [4.78, 5) is 23.8. The van der Waals surface area contributed by atoms with Gasteiger partial charge in [-0.15, -0.1) is 0 Å². The van der Waals surface area contributed by atoms with Crippen molar-refractivity contribution in [2.45, 2.75) is 63.5 Å². The molecule has 1 aliphatic heterocycles. The highest BCUT2D eigenvalue weighted by atomic mass is 16.5. The zero-order chi connectivity index (χ0) is 15.3. The lowest BCUT2D eigenvalue weighted by molar-refractivity contribution is -0.145. The van der Waals surface area contributed by atoms with Crippen LogP contribution >= 0.6 is 0 Å². The molecule has 6 heteroatoms. The Morgan fingerprint density at radius 3 is 2.43 bits per heavy atom. The van der Waals surface area contributed by atoms with Crippen molar-refractivity contribution < 1.29 is 19.4 Å². The maximum atomic E-state index is 12.2. The number of carboxylic acid groups (broad SMARTS) is 1. The molecule has 0 aromatic carbocycles. The van der Waals surface area contributed by atoms with Gasteiger partial charge < -0.3 is 20.5 Å². The molecule has 1 aliphatic carbocycles. The molecule has 2 fully saturated rings. The van der Waals surface area contributed by atoms with Crippen molar-refractivity contribution in [1.29, 1.82) is 0 Å². The Hall–Kier alpha value is -1.30. The molecule has 2 atom stereocenters. The van der Waals surface area contributed by atoms with Gasteiger partial charge in [0.25, 0.3) is 0 Å². The molecule has 2 unspecified atom stereocenters. The Morgan fingerprint density at radius 2 is 1.90 bits per heavy atom. The van der Waals surface area contributed by atoms with E-state index in [0.29, 0.717) is 25.4 Å². The first kappa shape index (κ1) is 16.1. The Morgan fingerprint density at radius 1 is 1.24 bits per heavy atom. The van der Waals surface area contributed by atoms with Crippen LogP contribution in [0.5, 0.6) is 0 Å². The van der Waals surface area contributed by atoms with Gasteiger partial charge in [0.05, 0.1) is 6.61 Å². The fourth-order valence-electron chi connectivity index (χ4n) is 3.25. The lowest BCUT2D eigenvalue weighted by atomic mass is 9.90.